The lowest BCUT2D eigenvalue weighted by Crippen LogP contribution is -2.73. The Balaban J connectivity index is 1.42. The summed E-state index contributed by atoms with van der Waals surface area (Å²) in [6, 6.07) is 3.67. The van der Waals surface area contributed by atoms with Crippen LogP contribution in [-0.2, 0) is 4.79 Å². The average Bonchev–Trinajstić information content (AvgIpc) is 2.36. The largest absolute Gasteiger partial charge is 0.350 e. The number of carbonyl (C=O) groups excluding carboxylic acids is 2. The summed E-state index contributed by atoms with van der Waals surface area (Å²) in [6.45, 7) is 9.13. The highest BCUT2D eigenvalue weighted by atomic mass is 35.5. The van der Waals surface area contributed by atoms with E-state index in [4.69, 9.17) is 11.6 Å². The van der Waals surface area contributed by atoms with Crippen LogP contribution in [0, 0.1) is 11.2 Å². The second kappa shape index (κ2) is 6.70. The number of urea groups is 1. The molecule has 2 fully saturated rings. The zero-order valence-corrected chi connectivity index (χ0v) is 16.0. The van der Waals surface area contributed by atoms with Crippen LogP contribution in [0.4, 0.5) is 14.9 Å². The summed E-state index contributed by atoms with van der Waals surface area (Å²) in [5, 5.41) is 5.85. The van der Waals surface area contributed by atoms with Gasteiger partial charge in [0.05, 0.1) is 6.54 Å². The van der Waals surface area contributed by atoms with Gasteiger partial charge in [0.25, 0.3) is 0 Å². The van der Waals surface area contributed by atoms with Gasteiger partial charge in [-0.2, -0.15) is 0 Å². The fourth-order valence-corrected chi connectivity index (χ4v) is 3.83. The Morgan fingerprint density at radius 1 is 1.19 bits per heavy atom. The summed E-state index contributed by atoms with van der Waals surface area (Å²) in [6.07, 6.45) is 0. The molecule has 2 N–H and O–H groups in total. The van der Waals surface area contributed by atoms with Crippen LogP contribution in [0.2, 0.25) is 5.02 Å². The zero-order chi connectivity index (χ0) is 19.1. The third-order valence-electron chi connectivity index (χ3n) is 4.45. The normalized spacial score (nSPS) is 18.9. The molecular weight excluding hydrogens is 359 g/mol. The molecule has 6 nitrogen and oxygen atoms in total. The second-order valence-corrected chi connectivity index (χ2v) is 8.82. The molecule has 0 aliphatic carbocycles. The van der Waals surface area contributed by atoms with Crippen molar-refractivity contribution in [2.75, 3.05) is 38.0 Å². The number of amides is 3. The maximum absolute atomic E-state index is 13.3. The molecule has 8 heteroatoms. The Morgan fingerprint density at radius 3 is 2.42 bits per heavy atom. The molecule has 2 aliphatic heterocycles. The van der Waals surface area contributed by atoms with Gasteiger partial charge in [-0.1, -0.05) is 11.6 Å². The molecular formula is C18H24ClFN4O2. The molecule has 0 unspecified atom stereocenters. The van der Waals surface area contributed by atoms with Gasteiger partial charge >= 0.3 is 6.03 Å². The van der Waals surface area contributed by atoms with E-state index in [0.29, 0.717) is 25.3 Å². The fraction of sp³-hybridized carbons (Fsp3) is 0.556. The van der Waals surface area contributed by atoms with Gasteiger partial charge in [-0.05, 0) is 39.0 Å². The molecule has 2 heterocycles. The topological polar surface area (TPSA) is 64.7 Å². The van der Waals surface area contributed by atoms with Crippen molar-refractivity contribution in [1.82, 2.24) is 15.1 Å². The van der Waals surface area contributed by atoms with E-state index in [2.05, 4.69) is 15.5 Å². The first-order chi connectivity index (χ1) is 12.0. The lowest BCUT2D eigenvalue weighted by atomic mass is 9.73. The van der Waals surface area contributed by atoms with Crippen molar-refractivity contribution < 1.29 is 14.0 Å². The van der Waals surface area contributed by atoms with Gasteiger partial charge in [0.15, 0.2) is 0 Å². The summed E-state index contributed by atoms with van der Waals surface area (Å²) in [4.78, 5) is 27.9. The van der Waals surface area contributed by atoms with Crippen molar-refractivity contribution in [3.8, 4) is 0 Å². The Morgan fingerprint density at radius 2 is 1.85 bits per heavy atom. The van der Waals surface area contributed by atoms with E-state index in [1.165, 1.54) is 18.2 Å². The Kier molecular flexibility index (Phi) is 4.88. The van der Waals surface area contributed by atoms with E-state index < -0.39 is 5.82 Å². The molecule has 3 rings (SSSR count). The van der Waals surface area contributed by atoms with Crippen LogP contribution >= 0.6 is 11.6 Å². The molecule has 142 valence electrons. The van der Waals surface area contributed by atoms with Crippen LogP contribution in [0.25, 0.3) is 0 Å². The van der Waals surface area contributed by atoms with Crippen LogP contribution in [0.3, 0.4) is 0 Å². The molecule has 0 radical (unpaired) electrons. The smallest absolute Gasteiger partial charge is 0.321 e. The quantitative estimate of drug-likeness (QED) is 0.844. The SMILES string of the molecule is CC(C)(C)NC(=O)CN1CC2(C1)CN(C(=O)Nc1cc(F)cc(Cl)c1)C2. The fourth-order valence-electron chi connectivity index (χ4n) is 3.61. The molecule has 0 bridgehead atoms. The van der Waals surface area contributed by atoms with Gasteiger partial charge < -0.3 is 15.5 Å². The van der Waals surface area contributed by atoms with Crippen LogP contribution < -0.4 is 10.6 Å². The predicted octanol–water partition coefficient (Wildman–Crippen LogP) is 2.54. The standard InChI is InChI=1S/C18H24ClFN4O2/c1-17(2,3)22-15(25)7-23-8-18(9-23)10-24(11-18)16(26)21-14-5-12(19)4-13(20)6-14/h4-6H,7-11H2,1-3H3,(H,21,26)(H,22,25). The predicted molar refractivity (Wildman–Crippen MR) is 98.8 cm³/mol. The minimum atomic E-state index is -0.490. The summed E-state index contributed by atoms with van der Waals surface area (Å²) in [5.74, 6) is -0.472. The molecule has 2 saturated heterocycles. The average molecular weight is 383 g/mol. The van der Waals surface area contributed by atoms with Gasteiger partial charge in [0.1, 0.15) is 5.82 Å². The van der Waals surface area contributed by atoms with Gasteiger partial charge in [-0.3, -0.25) is 9.69 Å². The Bertz CT molecular complexity index is 700. The number of halogens is 2. The molecule has 3 amide bonds. The highest BCUT2D eigenvalue weighted by molar-refractivity contribution is 6.30. The summed E-state index contributed by atoms with van der Waals surface area (Å²) in [5.41, 5.74) is 0.194. The maximum atomic E-state index is 13.3. The second-order valence-electron chi connectivity index (χ2n) is 8.39. The molecule has 0 saturated carbocycles. The monoisotopic (exact) mass is 382 g/mol. The molecule has 1 spiro atoms. The number of rotatable bonds is 3. The van der Waals surface area contributed by atoms with Crippen LogP contribution in [0.5, 0.6) is 0 Å². The Labute approximate surface area is 157 Å². The number of nitrogens with one attached hydrogen (secondary N) is 2. The number of hydrogen-bond donors (Lipinski definition) is 2. The van der Waals surface area contributed by atoms with Gasteiger partial charge in [-0.25, -0.2) is 9.18 Å². The van der Waals surface area contributed by atoms with Crippen molar-refractivity contribution in [2.45, 2.75) is 26.3 Å². The van der Waals surface area contributed by atoms with Crippen LogP contribution in [0.15, 0.2) is 18.2 Å². The summed E-state index contributed by atoms with van der Waals surface area (Å²) in [7, 11) is 0. The first kappa shape index (κ1) is 18.9. The van der Waals surface area contributed by atoms with E-state index in [-0.39, 0.29) is 27.9 Å². The van der Waals surface area contributed by atoms with Crippen molar-refractivity contribution in [2.24, 2.45) is 5.41 Å². The minimum absolute atomic E-state index is 0.0178. The molecule has 1 aromatic carbocycles. The Hall–Kier alpha value is -1.86. The summed E-state index contributed by atoms with van der Waals surface area (Å²) >= 11 is 5.79. The third-order valence-corrected chi connectivity index (χ3v) is 4.67. The first-order valence-corrected chi connectivity index (χ1v) is 8.97. The van der Waals surface area contributed by atoms with Crippen LogP contribution in [-0.4, -0.2) is 60.0 Å². The van der Waals surface area contributed by atoms with E-state index >= 15 is 0 Å². The number of nitrogens with zero attached hydrogens (tertiary/aromatic N) is 2. The lowest BCUT2D eigenvalue weighted by molar-refractivity contribution is -0.133. The van der Waals surface area contributed by atoms with Crippen molar-refractivity contribution in [3.05, 3.63) is 29.0 Å². The molecule has 0 aromatic heterocycles. The van der Waals surface area contributed by atoms with Crippen molar-refractivity contribution in [1.29, 1.82) is 0 Å². The minimum Gasteiger partial charge on any atom is -0.350 e. The van der Waals surface area contributed by atoms with Gasteiger partial charge in [0.2, 0.25) is 5.91 Å². The number of hydrogen-bond acceptors (Lipinski definition) is 3. The highest BCUT2D eigenvalue weighted by Gasteiger charge is 2.53. The molecule has 2 aliphatic rings. The molecule has 0 atom stereocenters. The van der Waals surface area contributed by atoms with Crippen molar-refractivity contribution in [3.63, 3.8) is 0 Å². The number of carbonyl (C=O) groups is 2. The lowest BCUT2D eigenvalue weighted by Gasteiger charge is -2.60. The van der Waals surface area contributed by atoms with Crippen LogP contribution in [0.1, 0.15) is 20.8 Å². The highest BCUT2D eigenvalue weighted by Crippen LogP contribution is 2.39. The van der Waals surface area contributed by atoms with E-state index in [1.54, 1.807) is 4.90 Å². The van der Waals surface area contributed by atoms with E-state index in [0.717, 1.165) is 13.1 Å². The number of anilines is 1. The van der Waals surface area contributed by atoms with E-state index in [9.17, 15) is 14.0 Å². The first-order valence-electron chi connectivity index (χ1n) is 8.59. The molecule has 1 aromatic rings. The molecule has 26 heavy (non-hydrogen) atoms. The zero-order valence-electron chi connectivity index (χ0n) is 15.2. The van der Waals surface area contributed by atoms with Gasteiger partial charge in [-0.15, -0.1) is 0 Å². The van der Waals surface area contributed by atoms with E-state index in [1.807, 2.05) is 20.8 Å². The van der Waals surface area contributed by atoms with Gasteiger partial charge in [0, 0.05) is 47.8 Å². The third kappa shape index (κ3) is 4.45. The summed E-state index contributed by atoms with van der Waals surface area (Å²) < 4.78 is 13.3. The maximum Gasteiger partial charge on any atom is 0.321 e. The number of likely N-dealkylation sites (tertiary alicyclic amines) is 2. The van der Waals surface area contributed by atoms with Crippen molar-refractivity contribution >= 4 is 29.2 Å². The number of benzene rings is 1.